The quantitative estimate of drug-likeness (QED) is 0.0705. The lowest BCUT2D eigenvalue weighted by atomic mass is 9.91. The van der Waals surface area contributed by atoms with Crippen LogP contribution in [0.25, 0.3) is 154 Å². The number of aryl methyl sites for hydroxylation is 4. The van der Waals surface area contributed by atoms with Crippen LogP contribution in [0.5, 0.6) is 0 Å². The maximum atomic E-state index is 2.49. The lowest BCUT2D eigenvalue weighted by molar-refractivity contribution is 1.26. The van der Waals surface area contributed by atoms with E-state index in [0.717, 1.165) is 68.2 Å². The van der Waals surface area contributed by atoms with Crippen molar-refractivity contribution in [2.75, 3.05) is 19.6 Å². The number of hydrogen-bond donors (Lipinski definition) is 0. The third-order valence-corrected chi connectivity index (χ3v) is 26.7. The second-order valence-corrected chi connectivity index (χ2v) is 35.9. The first-order valence-electron chi connectivity index (χ1n) is 47.0. The van der Waals surface area contributed by atoms with Gasteiger partial charge in [0.2, 0.25) is 0 Å². The van der Waals surface area contributed by atoms with E-state index in [1.807, 2.05) is 0 Å². The Morgan fingerprint density at radius 2 is 0.272 bits per heavy atom. The topological polar surface area (TPSA) is 13.0 Å². The fourth-order valence-corrected chi connectivity index (χ4v) is 20.7. The highest BCUT2D eigenvalue weighted by Gasteiger charge is 2.28. The largest absolute Gasteiger partial charge is 0.310 e. The number of para-hydroxylation sites is 2. The van der Waals surface area contributed by atoms with E-state index in [1.165, 1.54) is 176 Å². The molecule has 0 atom stereocenters. The summed E-state index contributed by atoms with van der Waals surface area (Å²) in [5.74, 6) is 0. The molecule has 0 amide bonds. The molecule has 644 valence electrons. The molecule has 0 aliphatic rings. The van der Waals surface area contributed by atoms with Crippen LogP contribution in [0.15, 0.2) is 510 Å². The Bertz CT molecular complexity index is 7700. The zero-order valence-corrected chi connectivity index (χ0v) is 76.3. The lowest BCUT2D eigenvalue weighted by Gasteiger charge is -2.31. The smallest absolute Gasteiger partial charge is 0.0540 e. The average molecular weight is 1740 g/mol. The van der Waals surface area contributed by atoms with E-state index in [-0.39, 0.29) is 0 Å². The molecule has 0 aliphatic carbocycles. The molecule has 0 aliphatic heterocycles. The number of nitrogens with zero attached hydrogens (tertiary/aromatic N) is 4. The maximum Gasteiger partial charge on any atom is 0.0540 e. The van der Waals surface area contributed by atoms with Crippen LogP contribution in [0.4, 0.5) is 68.2 Å². The van der Waals surface area contributed by atoms with Gasteiger partial charge in [-0.05, 0) is 328 Å². The van der Waals surface area contributed by atoms with Crippen molar-refractivity contribution in [1.82, 2.24) is 0 Å². The molecule has 0 unspecified atom stereocenters. The first-order valence-corrected chi connectivity index (χ1v) is 47.0. The molecule has 24 aromatic rings. The zero-order chi connectivity index (χ0) is 91.1. The predicted octanol–water partition coefficient (Wildman–Crippen LogP) is 37.6. The molecule has 0 radical (unpaired) electrons. The Balaban J connectivity index is 0.000000153. The van der Waals surface area contributed by atoms with Crippen molar-refractivity contribution in [1.29, 1.82) is 0 Å². The fourth-order valence-electron chi connectivity index (χ4n) is 20.7. The van der Waals surface area contributed by atoms with Crippen LogP contribution in [0, 0.1) is 27.7 Å². The summed E-state index contributed by atoms with van der Waals surface area (Å²) in [5.41, 5.74) is 37.1. The van der Waals surface area contributed by atoms with Crippen LogP contribution in [-0.4, -0.2) is 0 Å². The molecule has 4 heteroatoms. The van der Waals surface area contributed by atoms with Crippen molar-refractivity contribution in [3.63, 3.8) is 0 Å². The summed E-state index contributed by atoms with van der Waals surface area (Å²) in [6.45, 7) is 8.82. The Kier molecular flexibility index (Phi) is 22.0. The molecular weight excluding hydrogens is 1640 g/mol. The predicted molar refractivity (Wildman–Crippen MR) is 581 cm³/mol. The number of rotatable bonds is 20. The molecule has 0 N–H and O–H groups in total. The van der Waals surface area contributed by atoms with Gasteiger partial charge in [-0.2, -0.15) is 0 Å². The van der Waals surface area contributed by atoms with Crippen LogP contribution in [0.2, 0.25) is 0 Å². The van der Waals surface area contributed by atoms with E-state index in [4.69, 9.17) is 0 Å². The third kappa shape index (κ3) is 16.1. The highest BCUT2D eigenvalue weighted by atomic mass is 15.2. The highest BCUT2D eigenvalue weighted by Crippen LogP contribution is 2.54. The van der Waals surface area contributed by atoms with E-state index in [2.05, 4.69) is 557 Å². The molecule has 0 bridgehead atoms. The van der Waals surface area contributed by atoms with Crippen LogP contribution >= 0.6 is 0 Å². The SMILES string of the molecule is Cc1cc(C)cc(N(c2cc(-c3ccccc3)cc(-c3ccccc3)c2)c2ccc3ccc4c(N(c5cc(C)cc(C)c5)c5cc(-c6ccccc6)cc(-c6ccccc6)c5)ccc5ccc2c3c54)c1.c1ccc(-c2cc(-c3ccccc3)cc(N(c3ccccc3)c3ccc4ccc5c(N(c6ccccc6)c6cc(-c7ccccc7)cc(-c7ccccc7)c6)ccc6ccc3c4c65)c2)cc1. The van der Waals surface area contributed by atoms with Gasteiger partial charge in [0.15, 0.2) is 0 Å². The molecule has 0 saturated heterocycles. The molecule has 24 rings (SSSR count). The van der Waals surface area contributed by atoms with E-state index >= 15 is 0 Å². The lowest BCUT2D eigenvalue weighted by Crippen LogP contribution is -2.12. The summed E-state index contributed by atoms with van der Waals surface area (Å²) in [6.07, 6.45) is 0. The van der Waals surface area contributed by atoms with Crippen LogP contribution < -0.4 is 19.6 Å². The minimum absolute atomic E-state index is 1.10. The van der Waals surface area contributed by atoms with Gasteiger partial charge in [0.25, 0.3) is 0 Å². The maximum absolute atomic E-state index is 2.49. The fraction of sp³-hybridized carbons (Fsp3) is 0.0303. The molecule has 0 aromatic heterocycles. The van der Waals surface area contributed by atoms with Crippen LogP contribution in [0.3, 0.4) is 0 Å². The van der Waals surface area contributed by atoms with Crippen molar-refractivity contribution in [3.05, 3.63) is 532 Å². The normalized spacial score (nSPS) is 11.4. The van der Waals surface area contributed by atoms with Gasteiger partial charge in [0.05, 0.1) is 22.7 Å². The van der Waals surface area contributed by atoms with Gasteiger partial charge in [-0.1, -0.05) is 364 Å². The second kappa shape index (κ2) is 36.0. The average Bonchev–Trinajstić information content (AvgIpc) is 0.724. The first kappa shape index (κ1) is 82.9. The minimum atomic E-state index is 1.10. The summed E-state index contributed by atoms with van der Waals surface area (Å²) in [6, 6.07) is 187. The van der Waals surface area contributed by atoms with Gasteiger partial charge in [-0.3, -0.25) is 0 Å². The summed E-state index contributed by atoms with van der Waals surface area (Å²) < 4.78 is 0. The Morgan fingerprint density at radius 3 is 0.456 bits per heavy atom. The molecule has 0 heterocycles. The first-order chi connectivity index (χ1) is 67.0. The van der Waals surface area contributed by atoms with Gasteiger partial charge >= 0.3 is 0 Å². The number of anilines is 12. The summed E-state index contributed by atoms with van der Waals surface area (Å²) >= 11 is 0. The van der Waals surface area contributed by atoms with E-state index in [9.17, 15) is 0 Å². The summed E-state index contributed by atoms with van der Waals surface area (Å²) in [4.78, 5) is 9.88. The molecule has 24 aromatic carbocycles. The van der Waals surface area contributed by atoms with E-state index in [1.54, 1.807) is 0 Å². The van der Waals surface area contributed by atoms with Gasteiger partial charge in [-0.25, -0.2) is 0 Å². The van der Waals surface area contributed by atoms with Crippen molar-refractivity contribution >= 4 is 133 Å². The summed E-state index contributed by atoms with van der Waals surface area (Å²) in [7, 11) is 0. The number of hydrogen-bond acceptors (Lipinski definition) is 4. The molecule has 0 spiro atoms. The number of benzene rings is 24. The second-order valence-electron chi connectivity index (χ2n) is 35.9. The Labute approximate surface area is 795 Å². The van der Waals surface area contributed by atoms with Crippen LogP contribution in [0.1, 0.15) is 22.3 Å². The van der Waals surface area contributed by atoms with E-state index in [0.29, 0.717) is 0 Å². The van der Waals surface area contributed by atoms with Crippen molar-refractivity contribution in [2.45, 2.75) is 27.7 Å². The monoisotopic (exact) mass is 1740 g/mol. The van der Waals surface area contributed by atoms with Gasteiger partial charge in [0, 0.05) is 67.0 Å². The zero-order valence-electron chi connectivity index (χ0n) is 76.3. The Morgan fingerprint density at radius 1 is 0.118 bits per heavy atom. The van der Waals surface area contributed by atoms with Gasteiger partial charge in [-0.15, -0.1) is 0 Å². The van der Waals surface area contributed by atoms with E-state index < -0.39 is 0 Å². The molecular formula is C132H96N4. The standard InChI is InChI=1S/C68H52N2.C64H44N2/c1-45-33-46(2)36-59(35-45)69(61-41-55(49-17-9-5-10-18-49)39-56(42-61)50-19-11-6-12-20-50)65-31-27-53-26-30-64-66(32-28-54-25-29-63(65)67(53)68(54)64)70(60-37-47(3)34-48(4)38-60)62-43-57(51-21-13-7-14-22-51)40-58(44-62)52-23-15-8-16-24-52;1-7-19-45(20-8-1)51-39-52(46-21-9-2-10-22-46)42-57(41-51)65(55-27-15-5-16-28-55)61-37-33-49-32-36-60-62(38-34-50-31-35-59(61)63(49)64(50)60)66(56-29-17-6-18-30-56)58-43-53(47-23-11-3-12-24-47)40-54(44-58)48-25-13-4-14-26-48/h5-44H,1-4H3;1-44H. The van der Waals surface area contributed by atoms with Crippen molar-refractivity contribution in [2.24, 2.45) is 0 Å². The van der Waals surface area contributed by atoms with Crippen molar-refractivity contribution < 1.29 is 0 Å². The van der Waals surface area contributed by atoms with Gasteiger partial charge in [0.1, 0.15) is 0 Å². The minimum Gasteiger partial charge on any atom is -0.310 e. The molecule has 0 saturated carbocycles. The molecule has 4 nitrogen and oxygen atoms in total. The third-order valence-electron chi connectivity index (χ3n) is 26.7. The Hall–Kier alpha value is -17.4. The summed E-state index contributed by atoms with van der Waals surface area (Å²) in [5, 5.41) is 14.7. The van der Waals surface area contributed by atoms with Crippen LogP contribution in [-0.2, 0) is 0 Å². The molecule has 0 fully saturated rings. The highest BCUT2D eigenvalue weighted by molar-refractivity contribution is 6.30. The van der Waals surface area contributed by atoms with Crippen molar-refractivity contribution in [3.8, 4) is 89.0 Å². The van der Waals surface area contributed by atoms with Gasteiger partial charge < -0.3 is 19.6 Å². The molecule has 136 heavy (non-hydrogen) atoms.